The lowest BCUT2D eigenvalue weighted by molar-refractivity contribution is -0.167. The van der Waals surface area contributed by atoms with Crippen molar-refractivity contribution in [2.45, 2.75) is 341 Å². The van der Waals surface area contributed by atoms with Gasteiger partial charge in [0, 0.05) is 19.3 Å². The third kappa shape index (κ3) is 65.1. The number of ether oxygens (including phenoxy) is 3. The van der Waals surface area contributed by atoms with Crippen molar-refractivity contribution < 1.29 is 28.6 Å². The smallest absolute Gasteiger partial charge is 0.306 e. The molecular weight excluding hydrogens is 985 g/mol. The fourth-order valence-corrected chi connectivity index (χ4v) is 9.66. The molecule has 460 valence electrons. The lowest BCUT2D eigenvalue weighted by Gasteiger charge is -2.18. The largest absolute Gasteiger partial charge is 0.462 e. The van der Waals surface area contributed by atoms with Crippen LogP contribution in [0, 0.1) is 0 Å². The van der Waals surface area contributed by atoms with Gasteiger partial charge in [0.05, 0.1) is 0 Å². The Kier molecular flexibility index (Phi) is 64.7. The molecule has 0 N–H and O–H groups in total. The molecule has 80 heavy (non-hydrogen) atoms. The van der Waals surface area contributed by atoms with E-state index in [2.05, 4.69) is 118 Å². The zero-order chi connectivity index (χ0) is 57.8. The third-order valence-electron chi connectivity index (χ3n) is 14.8. The second-order valence-corrected chi connectivity index (χ2v) is 22.7. The molecule has 0 aliphatic heterocycles. The molecule has 0 fully saturated rings. The van der Waals surface area contributed by atoms with Crippen molar-refractivity contribution in [1.82, 2.24) is 0 Å². The fraction of sp³-hybridized carbons (Fsp3) is 0.743. The van der Waals surface area contributed by atoms with Crippen LogP contribution < -0.4 is 0 Å². The number of carbonyl (C=O) groups is 3. The molecule has 0 aliphatic rings. The first-order valence-electron chi connectivity index (χ1n) is 34.2. The lowest BCUT2D eigenvalue weighted by atomic mass is 10.0. The molecule has 6 nitrogen and oxygen atoms in total. The summed E-state index contributed by atoms with van der Waals surface area (Å²) in [5.74, 6) is -0.890. The highest BCUT2D eigenvalue weighted by atomic mass is 16.6. The van der Waals surface area contributed by atoms with Crippen molar-refractivity contribution in [2.24, 2.45) is 0 Å². The number of rotatable bonds is 62. The maximum atomic E-state index is 12.9. The van der Waals surface area contributed by atoms with Crippen LogP contribution in [-0.2, 0) is 28.6 Å². The molecule has 0 saturated carbocycles. The van der Waals surface area contributed by atoms with Crippen molar-refractivity contribution in [3.63, 3.8) is 0 Å². The molecule has 0 heterocycles. The number of carbonyl (C=O) groups excluding carboxylic acids is 3. The molecule has 0 saturated heterocycles. The van der Waals surface area contributed by atoms with E-state index in [9.17, 15) is 14.4 Å². The van der Waals surface area contributed by atoms with E-state index in [0.717, 1.165) is 116 Å². The van der Waals surface area contributed by atoms with Gasteiger partial charge < -0.3 is 14.2 Å². The summed E-state index contributed by atoms with van der Waals surface area (Å²) in [6.45, 7) is 6.48. The summed E-state index contributed by atoms with van der Waals surface area (Å²) < 4.78 is 16.9. The topological polar surface area (TPSA) is 78.9 Å². The molecule has 0 rings (SSSR count). The Balaban J connectivity index is 4.22. The van der Waals surface area contributed by atoms with Crippen molar-refractivity contribution in [2.75, 3.05) is 13.2 Å². The minimum absolute atomic E-state index is 0.0823. The van der Waals surface area contributed by atoms with Crippen LogP contribution in [0.25, 0.3) is 0 Å². The van der Waals surface area contributed by atoms with Gasteiger partial charge in [0.15, 0.2) is 6.10 Å². The van der Waals surface area contributed by atoms with E-state index in [1.807, 2.05) is 0 Å². The van der Waals surface area contributed by atoms with Gasteiger partial charge in [0.1, 0.15) is 13.2 Å². The van der Waals surface area contributed by atoms with E-state index in [-0.39, 0.29) is 31.1 Å². The molecule has 0 bridgehead atoms. The van der Waals surface area contributed by atoms with Gasteiger partial charge in [-0.1, -0.05) is 298 Å². The summed E-state index contributed by atoms with van der Waals surface area (Å²) in [6.07, 6.45) is 91.4. The maximum absolute atomic E-state index is 12.9. The average Bonchev–Trinajstić information content (AvgIpc) is 3.46. The molecule has 1 atom stereocenters. The van der Waals surface area contributed by atoms with Crippen LogP contribution in [0.1, 0.15) is 335 Å². The Morgan fingerprint density at radius 3 is 0.800 bits per heavy atom. The van der Waals surface area contributed by atoms with Crippen LogP contribution in [0.15, 0.2) is 97.2 Å². The summed E-state index contributed by atoms with van der Waals surface area (Å²) in [6, 6.07) is 0. The van der Waals surface area contributed by atoms with Crippen molar-refractivity contribution in [1.29, 1.82) is 0 Å². The Morgan fingerprint density at radius 1 is 0.263 bits per heavy atom. The predicted octanol–water partition coefficient (Wildman–Crippen LogP) is 23.6. The minimum Gasteiger partial charge on any atom is -0.462 e. The van der Waals surface area contributed by atoms with Crippen molar-refractivity contribution >= 4 is 17.9 Å². The summed E-state index contributed by atoms with van der Waals surface area (Å²) in [4.78, 5) is 38.4. The molecule has 0 radical (unpaired) electrons. The number of unbranched alkanes of at least 4 members (excludes halogenated alkanes) is 35. The minimum atomic E-state index is -0.788. The normalized spacial score (nSPS) is 12.7. The first-order valence-corrected chi connectivity index (χ1v) is 34.2. The fourth-order valence-electron chi connectivity index (χ4n) is 9.66. The number of allylic oxidation sites excluding steroid dienone is 16. The molecule has 6 heteroatoms. The molecule has 0 spiro atoms. The van der Waals surface area contributed by atoms with E-state index in [1.165, 1.54) is 180 Å². The Bertz CT molecular complexity index is 1560. The van der Waals surface area contributed by atoms with E-state index < -0.39 is 6.10 Å². The number of hydrogen-bond donors (Lipinski definition) is 0. The quantitative estimate of drug-likeness (QED) is 0.0261. The van der Waals surface area contributed by atoms with Crippen LogP contribution in [-0.4, -0.2) is 37.2 Å². The lowest BCUT2D eigenvalue weighted by Crippen LogP contribution is -2.30. The Morgan fingerprint density at radius 2 is 0.500 bits per heavy atom. The third-order valence-corrected chi connectivity index (χ3v) is 14.8. The first-order chi connectivity index (χ1) is 39.5. The average molecular weight is 1110 g/mol. The molecule has 0 aliphatic carbocycles. The second kappa shape index (κ2) is 67.8. The molecular formula is C74H128O6. The predicted molar refractivity (Wildman–Crippen MR) is 348 cm³/mol. The Hall–Kier alpha value is -3.67. The second-order valence-electron chi connectivity index (χ2n) is 22.7. The zero-order valence-electron chi connectivity index (χ0n) is 52.8. The van der Waals surface area contributed by atoms with E-state index in [1.54, 1.807) is 0 Å². The molecule has 0 aromatic carbocycles. The molecule has 0 aromatic rings. The molecule has 0 amide bonds. The van der Waals surface area contributed by atoms with E-state index >= 15 is 0 Å². The van der Waals surface area contributed by atoms with Gasteiger partial charge in [0.25, 0.3) is 0 Å². The van der Waals surface area contributed by atoms with E-state index in [0.29, 0.717) is 19.3 Å². The highest BCUT2D eigenvalue weighted by molar-refractivity contribution is 5.71. The SMILES string of the molecule is CC/C=C\C/C=C\C/C=C\C/C=C\CCCCCCCCCCCCCCCCCCCCC(=O)OCC(COC(=O)CCCCCCC/C=C\C/C=C\CCCC)OC(=O)CCCCCCCCC/C=C\C/C=C\CCCCC. The van der Waals surface area contributed by atoms with Crippen molar-refractivity contribution in [3.05, 3.63) is 97.2 Å². The van der Waals surface area contributed by atoms with Crippen LogP contribution in [0.2, 0.25) is 0 Å². The van der Waals surface area contributed by atoms with Gasteiger partial charge in [-0.05, 0) is 116 Å². The van der Waals surface area contributed by atoms with Gasteiger partial charge in [-0.3, -0.25) is 14.4 Å². The molecule has 1 unspecified atom stereocenters. The van der Waals surface area contributed by atoms with Crippen LogP contribution in [0.4, 0.5) is 0 Å². The Labute approximate surface area is 496 Å². The van der Waals surface area contributed by atoms with Gasteiger partial charge >= 0.3 is 17.9 Å². The van der Waals surface area contributed by atoms with Crippen LogP contribution >= 0.6 is 0 Å². The standard InChI is InChI=1S/C74H128O6/c1-4-7-10-13-16-19-22-25-28-30-31-32-33-34-35-36-37-38-39-40-41-42-43-45-46-49-52-55-58-61-64-67-73(76)79-70-71(69-78-72(75)66-63-60-57-54-51-48-27-24-21-18-15-12-9-6-3)80-74(77)68-65-62-59-56-53-50-47-44-29-26-23-20-17-14-11-8-5-2/h7,10,15-20,24-29,31-32,71H,4-6,8-9,11-14,21-23,30,33-70H2,1-3H3/b10-7-,18-15-,19-16-,20-17-,27-24-,28-25-,29-26-,32-31-. The van der Waals surface area contributed by atoms with E-state index in [4.69, 9.17) is 14.2 Å². The van der Waals surface area contributed by atoms with Crippen molar-refractivity contribution in [3.8, 4) is 0 Å². The first kappa shape index (κ1) is 76.3. The van der Waals surface area contributed by atoms with Gasteiger partial charge in [-0.15, -0.1) is 0 Å². The summed E-state index contributed by atoms with van der Waals surface area (Å²) in [7, 11) is 0. The van der Waals surface area contributed by atoms with Gasteiger partial charge in [-0.2, -0.15) is 0 Å². The van der Waals surface area contributed by atoms with Crippen LogP contribution in [0.3, 0.4) is 0 Å². The monoisotopic (exact) mass is 1110 g/mol. The number of hydrogen-bond acceptors (Lipinski definition) is 6. The van der Waals surface area contributed by atoms with Gasteiger partial charge in [0.2, 0.25) is 0 Å². The number of esters is 3. The summed E-state index contributed by atoms with van der Waals surface area (Å²) in [5, 5.41) is 0. The van der Waals surface area contributed by atoms with Crippen LogP contribution in [0.5, 0.6) is 0 Å². The van der Waals surface area contributed by atoms with Gasteiger partial charge in [-0.25, -0.2) is 0 Å². The maximum Gasteiger partial charge on any atom is 0.306 e. The highest BCUT2D eigenvalue weighted by Crippen LogP contribution is 2.17. The molecule has 0 aromatic heterocycles. The zero-order valence-corrected chi connectivity index (χ0v) is 52.8. The summed E-state index contributed by atoms with van der Waals surface area (Å²) >= 11 is 0. The highest BCUT2D eigenvalue weighted by Gasteiger charge is 2.19. The summed E-state index contributed by atoms with van der Waals surface area (Å²) in [5.41, 5.74) is 0.